The predicted molar refractivity (Wildman–Crippen MR) is 102 cm³/mol. The molecule has 1 amide bonds. The number of hydrogen-bond donors (Lipinski definition) is 0. The van der Waals surface area contributed by atoms with Gasteiger partial charge in [-0.1, -0.05) is 30.3 Å². The maximum Gasteiger partial charge on any atom is 0.289 e. The Balaban J connectivity index is 1.55. The van der Waals surface area contributed by atoms with Crippen molar-refractivity contribution in [1.29, 1.82) is 0 Å². The van der Waals surface area contributed by atoms with Gasteiger partial charge in [0.05, 0.1) is 14.2 Å². The topological polar surface area (TPSA) is 51.9 Å². The molecule has 1 aliphatic heterocycles. The Labute approximate surface area is 158 Å². The van der Waals surface area contributed by atoms with E-state index in [0.717, 1.165) is 23.3 Å². The molecule has 1 aliphatic rings. The van der Waals surface area contributed by atoms with Gasteiger partial charge in [0.1, 0.15) is 5.76 Å². The summed E-state index contributed by atoms with van der Waals surface area (Å²) in [6.45, 7) is 1.17. The standard InChI is InChI=1S/C22H21NO4/c1-25-20-12-16-10-11-23(14-17(16)13-21(20)26-2)22(24)19-9-8-18(27-19)15-6-4-3-5-7-15/h3-9,12-13H,10-11,14H2,1-2H3. The van der Waals surface area contributed by atoms with Gasteiger partial charge in [-0.2, -0.15) is 0 Å². The van der Waals surface area contributed by atoms with Gasteiger partial charge in [-0.25, -0.2) is 0 Å². The van der Waals surface area contributed by atoms with Crippen LogP contribution in [0, 0.1) is 0 Å². The average Bonchev–Trinajstić information content (AvgIpc) is 3.22. The Kier molecular flexibility index (Phi) is 4.59. The summed E-state index contributed by atoms with van der Waals surface area (Å²) in [5.41, 5.74) is 3.21. The largest absolute Gasteiger partial charge is 0.493 e. The van der Waals surface area contributed by atoms with E-state index in [9.17, 15) is 4.79 Å². The van der Waals surface area contributed by atoms with Crippen molar-refractivity contribution in [2.24, 2.45) is 0 Å². The summed E-state index contributed by atoms with van der Waals surface area (Å²) >= 11 is 0. The number of rotatable bonds is 4. The van der Waals surface area contributed by atoms with E-state index in [2.05, 4.69) is 0 Å². The van der Waals surface area contributed by atoms with Crippen molar-refractivity contribution in [3.05, 3.63) is 71.5 Å². The minimum Gasteiger partial charge on any atom is -0.493 e. The lowest BCUT2D eigenvalue weighted by Gasteiger charge is -2.29. The average molecular weight is 363 g/mol. The van der Waals surface area contributed by atoms with Gasteiger partial charge in [-0.3, -0.25) is 4.79 Å². The van der Waals surface area contributed by atoms with Crippen LogP contribution >= 0.6 is 0 Å². The zero-order chi connectivity index (χ0) is 18.8. The summed E-state index contributed by atoms with van der Waals surface area (Å²) in [4.78, 5) is 14.7. The molecular formula is C22H21NO4. The molecule has 0 saturated heterocycles. The number of hydrogen-bond acceptors (Lipinski definition) is 4. The molecule has 5 heteroatoms. The fraction of sp³-hybridized carbons (Fsp3) is 0.227. The monoisotopic (exact) mass is 363 g/mol. The molecule has 2 heterocycles. The van der Waals surface area contributed by atoms with Crippen molar-refractivity contribution in [2.45, 2.75) is 13.0 Å². The van der Waals surface area contributed by atoms with E-state index in [4.69, 9.17) is 13.9 Å². The number of methoxy groups -OCH3 is 2. The van der Waals surface area contributed by atoms with Crippen molar-refractivity contribution in [2.75, 3.05) is 20.8 Å². The van der Waals surface area contributed by atoms with Crippen LogP contribution in [0.25, 0.3) is 11.3 Å². The molecule has 0 aliphatic carbocycles. The van der Waals surface area contributed by atoms with Gasteiger partial charge in [0.15, 0.2) is 17.3 Å². The first-order valence-electron chi connectivity index (χ1n) is 8.88. The summed E-state index contributed by atoms with van der Waals surface area (Å²) in [6.07, 6.45) is 0.772. The van der Waals surface area contributed by atoms with Crippen LogP contribution in [0.1, 0.15) is 21.7 Å². The molecule has 0 fully saturated rings. The number of carbonyl (C=O) groups is 1. The second kappa shape index (κ2) is 7.19. The molecule has 0 spiro atoms. The fourth-order valence-corrected chi connectivity index (χ4v) is 3.42. The second-order valence-corrected chi connectivity index (χ2v) is 6.48. The van der Waals surface area contributed by atoms with Crippen molar-refractivity contribution < 1.29 is 18.7 Å². The molecule has 0 bridgehead atoms. The Bertz CT molecular complexity index is 962. The van der Waals surface area contributed by atoms with Gasteiger partial charge >= 0.3 is 0 Å². The highest BCUT2D eigenvalue weighted by atomic mass is 16.5. The highest BCUT2D eigenvalue weighted by Gasteiger charge is 2.25. The Morgan fingerprint density at radius 2 is 1.67 bits per heavy atom. The highest BCUT2D eigenvalue weighted by molar-refractivity contribution is 5.92. The zero-order valence-electron chi connectivity index (χ0n) is 15.4. The molecule has 0 unspecified atom stereocenters. The molecule has 4 rings (SSSR count). The SMILES string of the molecule is COc1cc2c(cc1OC)CN(C(=O)c1ccc(-c3ccccc3)o1)CC2. The number of fused-ring (bicyclic) bond motifs is 1. The van der Waals surface area contributed by atoms with E-state index < -0.39 is 0 Å². The highest BCUT2D eigenvalue weighted by Crippen LogP contribution is 2.33. The van der Waals surface area contributed by atoms with Crippen LogP contribution in [0.5, 0.6) is 11.5 Å². The number of ether oxygens (including phenoxy) is 2. The van der Waals surface area contributed by atoms with Gasteiger partial charge < -0.3 is 18.8 Å². The second-order valence-electron chi connectivity index (χ2n) is 6.48. The third-order valence-corrected chi connectivity index (χ3v) is 4.88. The van der Waals surface area contributed by atoms with Gasteiger partial charge in [0.2, 0.25) is 0 Å². The van der Waals surface area contributed by atoms with Crippen LogP contribution < -0.4 is 9.47 Å². The van der Waals surface area contributed by atoms with Gasteiger partial charge in [-0.05, 0) is 41.8 Å². The van der Waals surface area contributed by atoms with Crippen molar-refractivity contribution in [3.63, 3.8) is 0 Å². The van der Waals surface area contributed by atoms with Gasteiger partial charge in [0, 0.05) is 18.7 Å². The Hall–Kier alpha value is -3.21. The minimum absolute atomic E-state index is 0.0994. The first-order chi connectivity index (χ1) is 13.2. The molecule has 3 aromatic rings. The van der Waals surface area contributed by atoms with Crippen molar-refractivity contribution in [3.8, 4) is 22.8 Å². The molecular weight excluding hydrogens is 342 g/mol. The van der Waals surface area contributed by atoms with Crippen molar-refractivity contribution >= 4 is 5.91 Å². The van der Waals surface area contributed by atoms with Crippen LogP contribution in [0.15, 0.2) is 59.0 Å². The number of furan rings is 1. The molecule has 0 atom stereocenters. The number of nitrogens with zero attached hydrogens (tertiary/aromatic N) is 1. The molecule has 2 aromatic carbocycles. The van der Waals surface area contributed by atoms with Crippen molar-refractivity contribution in [1.82, 2.24) is 4.90 Å². The number of carbonyl (C=O) groups excluding carboxylic acids is 1. The van der Waals surface area contributed by atoms with Crippen LogP contribution in [0.4, 0.5) is 0 Å². The third kappa shape index (κ3) is 3.28. The van der Waals surface area contributed by atoms with Crippen LogP contribution in [0.2, 0.25) is 0 Å². The lowest BCUT2D eigenvalue weighted by Crippen LogP contribution is -2.35. The van der Waals surface area contributed by atoms with E-state index >= 15 is 0 Å². The lowest BCUT2D eigenvalue weighted by molar-refractivity contribution is 0.0703. The molecule has 5 nitrogen and oxygen atoms in total. The Morgan fingerprint density at radius 1 is 0.963 bits per heavy atom. The lowest BCUT2D eigenvalue weighted by atomic mass is 9.98. The van der Waals surface area contributed by atoms with Crippen LogP contribution in [0.3, 0.4) is 0 Å². The smallest absolute Gasteiger partial charge is 0.289 e. The van der Waals surface area contributed by atoms with E-state index in [0.29, 0.717) is 30.4 Å². The number of benzene rings is 2. The molecule has 138 valence electrons. The summed E-state index contributed by atoms with van der Waals surface area (Å²) in [6, 6.07) is 17.3. The molecule has 0 N–H and O–H groups in total. The molecule has 0 radical (unpaired) electrons. The summed E-state index contributed by atoms with van der Waals surface area (Å²) in [5, 5.41) is 0. The van der Waals surface area contributed by atoms with E-state index in [-0.39, 0.29) is 5.91 Å². The predicted octanol–water partition coefficient (Wildman–Crippen LogP) is 4.16. The third-order valence-electron chi connectivity index (χ3n) is 4.88. The summed E-state index contributed by atoms with van der Waals surface area (Å²) in [7, 11) is 3.24. The zero-order valence-corrected chi connectivity index (χ0v) is 15.4. The maximum atomic E-state index is 12.9. The first-order valence-corrected chi connectivity index (χ1v) is 8.88. The van der Waals surface area contributed by atoms with Gasteiger partial charge in [-0.15, -0.1) is 0 Å². The first kappa shape index (κ1) is 17.2. The van der Waals surface area contributed by atoms with E-state index in [1.54, 1.807) is 20.3 Å². The Morgan fingerprint density at radius 3 is 2.37 bits per heavy atom. The molecule has 1 aromatic heterocycles. The molecule has 27 heavy (non-hydrogen) atoms. The van der Waals surface area contributed by atoms with E-state index in [1.807, 2.05) is 53.4 Å². The normalized spacial score (nSPS) is 13.2. The van der Waals surface area contributed by atoms with Gasteiger partial charge in [0.25, 0.3) is 5.91 Å². The quantitative estimate of drug-likeness (QED) is 0.698. The maximum absolute atomic E-state index is 12.9. The summed E-state index contributed by atoms with van der Waals surface area (Å²) < 4.78 is 16.6. The summed E-state index contributed by atoms with van der Waals surface area (Å²) in [5.74, 6) is 2.35. The van der Waals surface area contributed by atoms with Crippen LogP contribution in [-0.4, -0.2) is 31.6 Å². The fourth-order valence-electron chi connectivity index (χ4n) is 3.42. The minimum atomic E-state index is -0.0994. The van der Waals surface area contributed by atoms with E-state index in [1.165, 1.54) is 5.56 Å². The molecule has 0 saturated carbocycles. The number of amides is 1. The van der Waals surface area contributed by atoms with Crippen LogP contribution in [-0.2, 0) is 13.0 Å².